The Kier molecular flexibility index (Phi) is 8.32. The summed E-state index contributed by atoms with van der Waals surface area (Å²) in [7, 11) is -1.35. The molecule has 0 fully saturated rings. The van der Waals surface area contributed by atoms with Crippen molar-refractivity contribution in [2.75, 3.05) is 19.1 Å². The van der Waals surface area contributed by atoms with Gasteiger partial charge in [-0.05, 0) is 38.5 Å². The van der Waals surface area contributed by atoms with Gasteiger partial charge in [0.2, 0.25) is 0 Å². The molecule has 6 nitrogen and oxygen atoms in total. The van der Waals surface area contributed by atoms with Crippen LogP contribution in [0.4, 0.5) is 4.39 Å². The first-order valence-electron chi connectivity index (χ1n) is 8.02. The lowest BCUT2D eigenvalue weighted by atomic mass is 10.1. The van der Waals surface area contributed by atoms with E-state index < -0.39 is 9.84 Å². The van der Waals surface area contributed by atoms with Gasteiger partial charge in [0.05, 0.1) is 12.3 Å². The Labute approximate surface area is 170 Å². The Morgan fingerprint density at radius 2 is 2.08 bits per heavy atom. The van der Waals surface area contributed by atoms with Gasteiger partial charge in [-0.15, -0.1) is 24.0 Å². The summed E-state index contributed by atoms with van der Waals surface area (Å²) in [5, 5.41) is 7.03. The predicted molar refractivity (Wildman–Crippen MR) is 113 cm³/mol. The van der Waals surface area contributed by atoms with Crippen LogP contribution < -0.4 is 10.6 Å². The smallest absolute Gasteiger partial charge is 0.191 e. The first-order valence-corrected chi connectivity index (χ1v) is 10.1. The van der Waals surface area contributed by atoms with Crippen LogP contribution in [-0.4, -0.2) is 39.5 Å². The summed E-state index contributed by atoms with van der Waals surface area (Å²) < 4.78 is 41.6. The number of hydrogen-bond acceptors (Lipinski definition) is 4. The SMILES string of the molecule is CN=C(NCc1oc2ccc(F)cc2c1C)NC(C)CCS(C)(=O)=O.I. The van der Waals surface area contributed by atoms with Gasteiger partial charge in [0.25, 0.3) is 0 Å². The Hall–Kier alpha value is -1.36. The van der Waals surface area contributed by atoms with Crippen LogP contribution in [0.25, 0.3) is 11.0 Å². The van der Waals surface area contributed by atoms with Crippen molar-refractivity contribution in [1.29, 1.82) is 0 Å². The van der Waals surface area contributed by atoms with E-state index in [-0.39, 0.29) is 41.6 Å². The number of aliphatic imine (C=N–C) groups is 1. The standard InChI is InChI=1S/C17H24FN3O3S.HI/c1-11(7-8-25(4,22)23)21-17(19-3)20-10-16-12(2)14-9-13(18)5-6-15(14)24-16;/h5-6,9,11H,7-8,10H2,1-4H3,(H2,19,20,21);1H. The van der Waals surface area contributed by atoms with Gasteiger partial charge in [-0.1, -0.05) is 0 Å². The second-order valence-corrected chi connectivity index (χ2v) is 8.44. The summed E-state index contributed by atoms with van der Waals surface area (Å²) in [6, 6.07) is 4.39. The summed E-state index contributed by atoms with van der Waals surface area (Å²) in [6.07, 6.45) is 1.71. The minimum absolute atomic E-state index is 0. The van der Waals surface area contributed by atoms with Crippen LogP contribution >= 0.6 is 24.0 Å². The van der Waals surface area contributed by atoms with Crippen molar-refractivity contribution in [2.24, 2.45) is 4.99 Å². The first kappa shape index (κ1) is 22.7. The van der Waals surface area contributed by atoms with Crippen LogP contribution in [-0.2, 0) is 16.4 Å². The Morgan fingerprint density at radius 3 is 2.69 bits per heavy atom. The Bertz CT molecular complexity index is 881. The van der Waals surface area contributed by atoms with Crippen molar-refractivity contribution in [1.82, 2.24) is 10.6 Å². The molecule has 0 radical (unpaired) electrons. The number of nitrogens with zero attached hydrogens (tertiary/aromatic N) is 1. The molecule has 0 bridgehead atoms. The van der Waals surface area contributed by atoms with Crippen LogP contribution in [0.1, 0.15) is 24.7 Å². The van der Waals surface area contributed by atoms with Gasteiger partial charge in [-0.3, -0.25) is 4.99 Å². The van der Waals surface area contributed by atoms with Gasteiger partial charge in [-0.25, -0.2) is 12.8 Å². The molecule has 1 unspecified atom stereocenters. The summed E-state index contributed by atoms with van der Waals surface area (Å²) in [6.45, 7) is 4.17. The molecule has 0 saturated heterocycles. The zero-order valence-corrected chi connectivity index (χ0v) is 18.4. The molecule has 0 spiro atoms. The van der Waals surface area contributed by atoms with E-state index in [1.54, 1.807) is 13.1 Å². The number of fused-ring (bicyclic) bond motifs is 1. The number of guanidine groups is 1. The number of sulfone groups is 1. The van der Waals surface area contributed by atoms with Gasteiger partial charge in [-0.2, -0.15) is 0 Å². The van der Waals surface area contributed by atoms with Crippen LogP contribution in [0.2, 0.25) is 0 Å². The molecule has 1 aromatic carbocycles. The summed E-state index contributed by atoms with van der Waals surface area (Å²) >= 11 is 0. The van der Waals surface area contributed by atoms with Crippen molar-refractivity contribution >= 4 is 50.7 Å². The molecule has 0 aliphatic carbocycles. The lowest BCUT2D eigenvalue weighted by Gasteiger charge is -2.17. The van der Waals surface area contributed by atoms with Crippen molar-refractivity contribution in [3.63, 3.8) is 0 Å². The molecule has 1 aromatic heterocycles. The van der Waals surface area contributed by atoms with Crippen molar-refractivity contribution < 1.29 is 17.2 Å². The molecule has 0 aliphatic heterocycles. The lowest BCUT2D eigenvalue weighted by molar-refractivity contribution is 0.530. The molecule has 1 heterocycles. The van der Waals surface area contributed by atoms with Crippen molar-refractivity contribution in [2.45, 2.75) is 32.9 Å². The number of aryl methyl sites for hydroxylation is 1. The van der Waals surface area contributed by atoms with Crippen LogP contribution in [0.5, 0.6) is 0 Å². The molecule has 2 rings (SSSR count). The van der Waals surface area contributed by atoms with E-state index in [1.165, 1.54) is 18.4 Å². The minimum Gasteiger partial charge on any atom is -0.459 e. The Balaban J connectivity index is 0.00000338. The van der Waals surface area contributed by atoms with Gasteiger partial charge < -0.3 is 15.1 Å². The monoisotopic (exact) mass is 497 g/mol. The predicted octanol–water partition coefficient (Wildman–Crippen LogP) is 2.99. The van der Waals surface area contributed by atoms with Crippen molar-refractivity contribution in [3.8, 4) is 0 Å². The number of furan rings is 1. The van der Waals surface area contributed by atoms with E-state index in [0.717, 1.165) is 10.9 Å². The maximum atomic E-state index is 13.4. The zero-order valence-electron chi connectivity index (χ0n) is 15.3. The number of nitrogens with one attached hydrogen (secondary N) is 2. The van der Waals surface area contributed by atoms with E-state index >= 15 is 0 Å². The van der Waals surface area contributed by atoms with Gasteiger partial charge >= 0.3 is 0 Å². The van der Waals surface area contributed by atoms with E-state index in [4.69, 9.17) is 4.42 Å². The third-order valence-corrected chi connectivity index (χ3v) is 4.92. The van der Waals surface area contributed by atoms with Crippen LogP contribution in [0, 0.1) is 12.7 Å². The molecule has 1 atom stereocenters. The normalized spacial score (nSPS) is 13.3. The fourth-order valence-corrected chi connectivity index (χ4v) is 3.25. The molecule has 26 heavy (non-hydrogen) atoms. The second kappa shape index (κ2) is 9.54. The molecule has 146 valence electrons. The largest absolute Gasteiger partial charge is 0.459 e. The highest BCUT2D eigenvalue weighted by atomic mass is 127. The fraction of sp³-hybridized carbons (Fsp3) is 0.471. The molecule has 2 N–H and O–H groups in total. The number of rotatable bonds is 6. The fourth-order valence-electron chi connectivity index (χ4n) is 2.47. The second-order valence-electron chi connectivity index (χ2n) is 6.18. The third-order valence-electron chi connectivity index (χ3n) is 3.94. The zero-order chi connectivity index (χ0) is 18.6. The molecule has 0 saturated carbocycles. The third kappa shape index (κ3) is 6.42. The molecular formula is C17H25FIN3O3S. The maximum absolute atomic E-state index is 13.4. The summed E-state index contributed by atoms with van der Waals surface area (Å²) in [5.41, 5.74) is 1.52. The Morgan fingerprint density at radius 1 is 1.38 bits per heavy atom. The van der Waals surface area contributed by atoms with Gasteiger partial charge in [0.1, 0.15) is 27.0 Å². The lowest BCUT2D eigenvalue weighted by Crippen LogP contribution is -2.42. The first-order chi connectivity index (χ1) is 11.7. The van der Waals surface area contributed by atoms with Gasteiger partial charge in [0, 0.05) is 30.3 Å². The minimum atomic E-state index is -2.99. The summed E-state index contributed by atoms with van der Waals surface area (Å²) in [5.74, 6) is 1.07. The highest BCUT2D eigenvalue weighted by Crippen LogP contribution is 2.25. The number of halogens is 2. The van der Waals surface area contributed by atoms with E-state index in [1.807, 2.05) is 13.8 Å². The van der Waals surface area contributed by atoms with Gasteiger partial charge in [0.15, 0.2) is 5.96 Å². The molecule has 0 amide bonds. The topological polar surface area (TPSA) is 83.7 Å². The molecule has 2 aromatic rings. The maximum Gasteiger partial charge on any atom is 0.191 e. The van der Waals surface area contributed by atoms with E-state index in [2.05, 4.69) is 15.6 Å². The van der Waals surface area contributed by atoms with E-state index in [9.17, 15) is 12.8 Å². The van der Waals surface area contributed by atoms with E-state index in [0.29, 0.717) is 30.3 Å². The number of benzene rings is 1. The van der Waals surface area contributed by atoms with Crippen LogP contribution in [0.3, 0.4) is 0 Å². The quantitative estimate of drug-likeness (QED) is 0.364. The average Bonchev–Trinajstić information content (AvgIpc) is 2.85. The molecular weight excluding hydrogens is 472 g/mol. The molecule has 9 heteroatoms. The highest BCUT2D eigenvalue weighted by molar-refractivity contribution is 14.0. The highest BCUT2D eigenvalue weighted by Gasteiger charge is 2.13. The van der Waals surface area contributed by atoms with Crippen LogP contribution in [0.15, 0.2) is 27.6 Å². The summed E-state index contributed by atoms with van der Waals surface area (Å²) in [4.78, 5) is 4.13. The molecule has 0 aliphatic rings. The van der Waals surface area contributed by atoms with Crippen molar-refractivity contribution in [3.05, 3.63) is 35.3 Å². The average molecular weight is 497 g/mol. The number of hydrogen-bond donors (Lipinski definition) is 2.